The predicted molar refractivity (Wildman–Crippen MR) is 128 cm³/mol. The van der Waals surface area contributed by atoms with Crippen molar-refractivity contribution in [2.45, 2.75) is 31.1 Å². The monoisotopic (exact) mass is 462 g/mol. The lowest BCUT2D eigenvalue weighted by Gasteiger charge is -2.39. The summed E-state index contributed by atoms with van der Waals surface area (Å²) in [6.07, 6.45) is 1.60. The Morgan fingerprint density at radius 3 is 2.58 bits per heavy atom. The molecule has 2 aliphatic rings. The number of halogens is 1. The molecule has 5 rings (SSSR count). The van der Waals surface area contributed by atoms with Crippen molar-refractivity contribution in [2.75, 3.05) is 19.6 Å². The van der Waals surface area contributed by atoms with Gasteiger partial charge in [0.1, 0.15) is 5.75 Å². The molecule has 0 radical (unpaired) electrons. The second-order valence-electron chi connectivity index (χ2n) is 8.75. The van der Waals surface area contributed by atoms with E-state index in [1.54, 1.807) is 18.2 Å². The van der Waals surface area contributed by atoms with E-state index in [1.165, 1.54) is 11.1 Å². The second-order valence-corrected chi connectivity index (χ2v) is 9.19. The van der Waals surface area contributed by atoms with Crippen molar-refractivity contribution in [1.82, 2.24) is 10.2 Å². The maximum absolute atomic E-state index is 13.1. The molecule has 170 valence electrons. The van der Waals surface area contributed by atoms with Crippen LogP contribution in [0.15, 0.2) is 72.8 Å². The average Bonchev–Trinajstić information content (AvgIpc) is 3.20. The van der Waals surface area contributed by atoms with E-state index in [0.29, 0.717) is 30.3 Å². The molecule has 1 atom stereocenters. The number of carbonyl (C=O) groups is 1. The van der Waals surface area contributed by atoms with Gasteiger partial charge in [-0.1, -0.05) is 66.2 Å². The molecule has 1 saturated heterocycles. The highest BCUT2D eigenvalue weighted by Crippen LogP contribution is 2.44. The van der Waals surface area contributed by atoms with Gasteiger partial charge >= 0.3 is 0 Å². The minimum absolute atomic E-state index is 0.0404. The van der Waals surface area contributed by atoms with Gasteiger partial charge in [-0.15, -0.1) is 0 Å². The van der Waals surface area contributed by atoms with E-state index in [0.717, 1.165) is 18.4 Å². The number of phenolic OH excluding ortho intramolecular Hbond substituents is 1. The van der Waals surface area contributed by atoms with Gasteiger partial charge in [0.15, 0.2) is 0 Å². The predicted octanol–water partition coefficient (Wildman–Crippen LogP) is 4.77. The number of aromatic hydroxyl groups is 1. The zero-order chi connectivity index (χ0) is 22.8. The van der Waals surface area contributed by atoms with Gasteiger partial charge in [-0.05, 0) is 47.7 Å². The van der Waals surface area contributed by atoms with Gasteiger partial charge in [0.2, 0.25) is 5.91 Å². The Bertz CT molecular complexity index is 1140. The third-order valence-electron chi connectivity index (χ3n) is 6.83. The van der Waals surface area contributed by atoms with Crippen LogP contribution in [0.3, 0.4) is 0 Å². The number of piperidine rings is 1. The average molecular weight is 463 g/mol. The topological polar surface area (TPSA) is 61.8 Å². The number of hydrogen-bond donors (Lipinski definition) is 2. The molecule has 2 N–H and O–H groups in total. The van der Waals surface area contributed by atoms with Crippen molar-refractivity contribution in [1.29, 1.82) is 0 Å². The van der Waals surface area contributed by atoms with Crippen molar-refractivity contribution < 1.29 is 14.6 Å². The van der Waals surface area contributed by atoms with Crippen molar-refractivity contribution in [2.24, 2.45) is 0 Å². The van der Waals surface area contributed by atoms with Crippen LogP contribution in [0.5, 0.6) is 5.75 Å². The maximum atomic E-state index is 13.1. The molecule has 1 unspecified atom stereocenters. The normalized spacial score (nSPS) is 17.7. The largest absolute Gasteiger partial charge is 0.508 e. The summed E-state index contributed by atoms with van der Waals surface area (Å²) in [4.78, 5) is 15.0. The molecular weight excluding hydrogens is 436 g/mol. The van der Waals surface area contributed by atoms with Gasteiger partial charge in [0, 0.05) is 23.7 Å². The highest BCUT2D eigenvalue weighted by atomic mass is 35.5. The number of hydrogen-bond acceptors (Lipinski definition) is 4. The molecule has 0 saturated carbocycles. The molecule has 2 heterocycles. The lowest BCUT2D eigenvalue weighted by Crippen LogP contribution is -2.48. The molecule has 0 bridgehead atoms. The van der Waals surface area contributed by atoms with Gasteiger partial charge in [0.25, 0.3) is 0 Å². The summed E-state index contributed by atoms with van der Waals surface area (Å²) >= 11 is 6.20. The van der Waals surface area contributed by atoms with E-state index in [4.69, 9.17) is 16.3 Å². The summed E-state index contributed by atoms with van der Waals surface area (Å²) in [5.41, 5.74) is 3.87. The minimum Gasteiger partial charge on any atom is -0.508 e. The fourth-order valence-electron chi connectivity index (χ4n) is 5.03. The van der Waals surface area contributed by atoms with E-state index < -0.39 is 0 Å². The van der Waals surface area contributed by atoms with E-state index in [1.807, 2.05) is 41.3 Å². The van der Waals surface area contributed by atoms with E-state index in [-0.39, 0.29) is 29.8 Å². The summed E-state index contributed by atoms with van der Waals surface area (Å²) in [5, 5.41) is 14.4. The van der Waals surface area contributed by atoms with Crippen molar-refractivity contribution >= 4 is 17.5 Å². The lowest BCUT2D eigenvalue weighted by molar-refractivity contribution is -0.137. The highest BCUT2D eigenvalue weighted by molar-refractivity contribution is 6.30. The van der Waals surface area contributed by atoms with Crippen LogP contribution in [0.25, 0.3) is 0 Å². The Labute approximate surface area is 199 Å². The summed E-state index contributed by atoms with van der Waals surface area (Å²) in [5.74, 6) is 0.184. The lowest BCUT2D eigenvalue weighted by atomic mass is 9.84. The van der Waals surface area contributed by atoms with Gasteiger partial charge in [-0.25, -0.2) is 0 Å². The molecule has 0 aliphatic carbocycles. The van der Waals surface area contributed by atoms with Crippen LogP contribution in [0.2, 0.25) is 5.02 Å². The van der Waals surface area contributed by atoms with Crippen LogP contribution in [-0.2, 0) is 21.7 Å². The summed E-state index contributed by atoms with van der Waals surface area (Å²) < 4.78 is 6.22. The van der Waals surface area contributed by atoms with Crippen LogP contribution in [0.1, 0.15) is 41.1 Å². The second kappa shape index (κ2) is 9.18. The zero-order valence-corrected chi connectivity index (χ0v) is 19.1. The Kier molecular flexibility index (Phi) is 6.11. The molecule has 1 amide bonds. The number of nitrogens with one attached hydrogen (secondary N) is 1. The fraction of sp³-hybridized carbons (Fsp3) is 0.296. The van der Waals surface area contributed by atoms with Crippen LogP contribution < -0.4 is 5.32 Å². The van der Waals surface area contributed by atoms with Crippen LogP contribution in [-0.4, -0.2) is 35.5 Å². The SMILES string of the molecule is O=C(CNC(c1ccccc1)c1cc(Cl)ccc1O)N1CCC2(CC1)OCc1ccccc12. The first-order valence-electron chi connectivity index (χ1n) is 11.3. The molecule has 1 fully saturated rings. The molecular formula is C27H27ClN2O3. The number of fused-ring (bicyclic) bond motifs is 2. The van der Waals surface area contributed by atoms with Crippen LogP contribution in [0, 0.1) is 0 Å². The number of ether oxygens (including phenoxy) is 1. The first kappa shape index (κ1) is 22.0. The number of likely N-dealkylation sites (tertiary alicyclic amines) is 1. The fourth-order valence-corrected chi connectivity index (χ4v) is 5.21. The highest BCUT2D eigenvalue weighted by Gasteiger charge is 2.43. The quantitative estimate of drug-likeness (QED) is 0.573. The molecule has 0 aromatic heterocycles. The summed E-state index contributed by atoms with van der Waals surface area (Å²) in [7, 11) is 0. The maximum Gasteiger partial charge on any atom is 0.236 e. The van der Waals surface area contributed by atoms with Crippen LogP contribution in [0.4, 0.5) is 0 Å². The third kappa shape index (κ3) is 4.36. The van der Waals surface area contributed by atoms with E-state index in [2.05, 4.69) is 23.5 Å². The Hall–Kier alpha value is -2.86. The molecule has 5 nitrogen and oxygen atoms in total. The zero-order valence-electron chi connectivity index (χ0n) is 18.3. The minimum atomic E-state index is -0.352. The van der Waals surface area contributed by atoms with E-state index >= 15 is 0 Å². The van der Waals surface area contributed by atoms with Gasteiger partial charge in [-0.3, -0.25) is 10.1 Å². The molecule has 2 aliphatic heterocycles. The summed E-state index contributed by atoms with van der Waals surface area (Å²) in [6.45, 7) is 2.13. The number of nitrogens with zero attached hydrogens (tertiary/aromatic N) is 1. The smallest absolute Gasteiger partial charge is 0.236 e. The first-order valence-corrected chi connectivity index (χ1v) is 11.7. The first-order chi connectivity index (χ1) is 16.1. The van der Waals surface area contributed by atoms with Crippen molar-refractivity contribution in [3.63, 3.8) is 0 Å². The van der Waals surface area contributed by atoms with Gasteiger partial charge < -0.3 is 14.7 Å². The Morgan fingerprint density at radius 2 is 1.79 bits per heavy atom. The number of amides is 1. The number of carbonyl (C=O) groups excluding carboxylic acids is 1. The molecule has 33 heavy (non-hydrogen) atoms. The van der Waals surface area contributed by atoms with E-state index in [9.17, 15) is 9.90 Å². The van der Waals surface area contributed by atoms with Crippen molar-refractivity contribution in [3.05, 3.63) is 100 Å². The number of rotatable bonds is 5. The summed E-state index contributed by atoms with van der Waals surface area (Å²) in [6, 6.07) is 22.8. The third-order valence-corrected chi connectivity index (χ3v) is 7.06. The molecule has 3 aromatic carbocycles. The van der Waals surface area contributed by atoms with Crippen LogP contribution >= 0.6 is 11.6 Å². The Balaban J connectivity index is 1.27. The molecule has 3 aromatic rings. The molecule has 6 heteroatoms. The standard InChI is InChI=1S/C27H27ClN2O3/c28-21-10-11-24(31)22(16-21)26(19-6-2-1-3-7-19)29-17-25(32)30-14-12-27(13-15-30)23-9-5-4-8-20(23)18-33-27/h1-11,16,26,29,31H,12-15,17-18H2. The van der Waals surface area contributed by atoms with Gasteiger partial charge in [0.05, 0.1) is 24.8 Å². The Morgan fingerprint density at radius 1 is 1.06 bits per heavy atom. The molecule has 1 spiro atoms. The number of benzene rings is 3. The number of phenols is 1. The van der Waals surface area contributed by atoms with Crippen molar-refractivity contribution in [3.8, 4) is 5.75 Å². The van der Waals surface area contributed by atoms with Gasteiger partial charge in [-0.2, -0.15) is 0 Å².